The van der Waals surface area contributed by atoms with Crippen LogP contribution >= 0.6 is 0 Å². The van der Waals surface area contributed by atoms with E-state index < -0.39 is 0 Å². The first-order valence-electron chi connectivity index (χ1n) is 3.95. The molecule has 0 saturated carbocycles. The third-order valence-electron chi connectivity index (χ3n) is 2.19. The fourth-order valence-corrected chi connectivity index (χ4v) is 1.60. The van der Waals surface area contributed by atoms with Gasteiger partial charge in [0.2, 0.25) is 0 Å². The quantitative estimate of drug-likeness (QED) is 0.399. The molecule has 0 aliphatic heterocycles. The third kappa shape index (κ3) is 2.75. The molecule has 0 unspecified atom stereocenters. The summed E-state index contributed by atoms with van der Waals surface area (Å²) >= 11 is 0. The Hall–Kier alpha value is 0.466. The summed E-state index contributed by atoms with van der Waals surface area (Å²) in [5.41, 5.74) is 3.07. The van der Waals surface area contributed by atoms with Crippen LogP contribution in [0.25, 0.3) is 0 Å². The average Bonchev–Trinajstić information content (AvgIpc) is 2.05. The van der Waals surface area contributed by atoms with Crippen LogP contribution in [0.1, 0.15) is 24.0 Å². The van der Waals surface area contributed by atoms with E-state index in [9.17, 15) is 0 Å². The predicted molar refractivity (Wildman–Crippen MR) is 47.7 cm³/mol. The number of benzene rings is 1. The van der Waals surface area contributed by atoms with Crippen molar-refractivity contribution in [3.8, 4) is 0 Å². The van der Waals surface area contributed by atoms with Gasteiger partial charge < -0.3 is 17.0 Å². The number of rotatable bonds is 0. The van der Waals surface area contributed by atoms with Gasteiger partial charge in [0.15, 0.2) is 0 Å². The summed E-state index contributed by atoms with van der Waals surface area (Å²) in [6.07, 6.45) is 5.29. The largest absolute Gasteiger partial charge is 2.00 e. The molecule has 0 aromatic heterocycles. The van der Waals surface area contributed by atoms with Gasteiger partial charge in [-0.15, -0.1) is 0 Å². The van der Waals surface area contributed by atoms with Crippen LogP contribution in [0.15, 0.2) is 18.2 Å². The van der Waals surface area contributed by atoms with E-state index in [0.717, 1.165) is 0 Å². The Bertz CT molecular complexity index is 210. The molecular weight excluding hydrogens is 224 g/mol. The topological polar surface area (TPSA) is 0 Å². The molecule has 0 amide bonds. The summed E-state index contributed by atoms with van der Waals surface area (Å²) in [4.78, 5) is 0. The SMILES string of the molecule is [Br-].[Mg+2].[c-]1ccc2c(c1)CCCC2. The molecule has 1 aliphatic carbocycles. The molecule has 1 aliphatic rings. The Balaban J connectivity index is 0.000000605. The van der Waals surface area contributed by atoms with Crippen molar-refractivity contribution in [1.29, 1.82) is 0 Å². The first-order valence-corrected chi connectivity index (χ1v) is 3.95. The van der Waals surface area contributed by atoms with Crippen molar-refractivity contribution in [2.45, 2.75) is 25.7 Å². The van der Waals surface area contributed by atoms with Crippen molar-refractivity contribution in [3.05, 3.63) is 35.4 Å². The maximum absolute atomic E-state index is 3.12. The van der Waals surface area contributed by atoms with Crippen molar-refractivity contribution in [2.24, 2.45) is 0 Å². The van der Waals surface area contributed by atoms with Gasteiger partial charge in [0.1, 0.15) is 0 Å². The zero-order valence-electron chi connectivity index (χ0n) is 7.15. The second kappa shape index (κ2) is 6.00. The summed E-state index contributed by atoms with van der Waals surface area (Å²) in [5.74, 6) is 0. The van der Waals surface area contributed by atoms with E-state index in [0.29, 0.717) is 0 Å². The van der Waals surface area contributed by atoms with Crippen LogP contribution in [-0.2, 0) is 12.8 Å². The zero-order chi connectivity index (χ0) is 6.81. The van der Waals surface area contributed by atoms with Gasteiger partial charge >= 0.3 is 23.1 Å². The van der Waals surface area contributed by atoms with E-state index in [2.05, 4.69) is 18.2 Å². The minimum absolute atomic E-state index is 0. The maximum atomic E-state index is 3.12. The summed E-state index contributed by atoms with van der Waals surface area (Å²) in [7, 11) is 0. The Kier molecular flexibility index (Phi) is 6.24. The first-order chi connectivity index (χ1) is 4.97. The molecule has 0 heterocycles. The Labute approximate surface area is 101 Å². The van der Waals surface area contributed by atoms with Crippen LogP contribution in [0.4, 0.5) is 0 Å². The van der Waals surface area contributed by atoms with Crippen molar-refractivity contribution >= 4 is 23.1 Å². The van der Waals surface area contributed by atoms with Crippen LogP contribution in [0, 0.1) is 6.07 Å². The molecule has 0 radical (unpaired) electrons. The number of fused-ring (bicyclic) bond motifs is 1. The van der Waals surface area contributed by atoms with Crippen LogP contribution in [0.3, 0.4) is 0 Å². The fraction of sp³-hybridized carbons (Fsp3) is 0.400. The monoisotopic (exact) mass is 234 g/mol. The van der Waals surface area contributed by atoms with Gasteiger partial charge in [0.05, 0.1) is 0 Å². The molecule has 0 bridgehead atoms. The Morgan fingerprint density at radius 2 is 1.75 bits per heavy atom. The predicted octanol–water partition coefficient (Wildman–Crippen LogP) is -1.01. The maximum Gasteiger partial charge on any atom is 2.00 e. The standard InChI is InChI=1S/C10H11.BrH.Mg/c1-2-6-10-8-4-3-7-9(10)5-1;;/h1,5-6H,3-4,7-8H2;1H;/q-1;;+2/p-1. The summed E-state index contributed by atoms with van der Waals surface area (Å²) in [6.45, 7) is 0. The van der Waals surface area contributed by atoms with Gasteiger partial charge in [-0.25, -0.2) is 0 Å². The first kappa shape index (κ1) is 12.5. The van der Waals surface area contributed by atoms with Crippen LogP contribution in [0.2, 0.25) is 0 Å². The number of halogens is 1. The molecule has 0 spiro atoms. The van der Waals surface area contributed by atoms with Crippen LogP contribution in [0.5, 0.6) is 0 Å². The van der Waals surface area contributed by atoms with Gasteiger partial charge in [0.25, 0.3) is 0 Å². The van der Waals surface area contributed by atoms with E-state index >= 15 is 0 Å². The zero-order valence-corrected chi connectivity index (χ0v) is 10.1. The number of hydrogen-bond acceptors (Lipinski definition) is 0. The average molecular weight is 235 g/mol. The molecular formula is C10H11BrMg. The summed E-state index contributed by atoms with van der Waals surface area (Å²) in [5, 5.41) is 0. The van der Waals surface area contributed by atoms with Gasteiger partial charge in [-0.1, -0.05) is 25.7 Å². The van der Waals surface area contributed by atoms with Crippen molar-refractivity contribution in [1.82, 2.24) is 0 Å². The normalized spacial score (nSPS) is 13.7. The van der Waals surface area contributed by atoms with Crippen molar-refractivity contribution in [3.63, 3.8) is 0 Å². The fourth-order valence-electron chi connectivity index (χ4n) is 1.60. The summed E-state index contributed by atoms with van der Waals surface area (Å²) in [6, 6.07) is 9.47. The molecule has 1 aromatic rings. The minimum Gasteiger partial charge on any atom is -1.00 e. The van der Waals surface area contributed by atoms with E-state index in [-0.39, 0.29) is 40.0 Å². The second-order valence-corrected chi connectivity index (χ2v) is 2.90. The molecule has 0 nitrogen and oxygen atoms in total. The summed E-state index contributed by atoms with van der Waals surface area (Å²) < 4.78 is 0. The van der Waals surface area contributed by atoms with Gasteiger partial charge in [-0.3, -0.25) is 0 Å². The molecule has 2 heteroatoms. The molecule has 12 heavy (non-hydrogen) atoms. The van der Waals surface area contributed by atoms with Crippen LogP contribution < -0.4 is 17.0 Å². The Morgan fingerprint density at radius 3 is 2.42 bits per heavy atom. The van der Waals surface area contributed by atoms with E-state index in [1.807, 2.05) is 6.07 Å². The third-order valence-corrected chi connectivity index (χ3v) is 2.19. The number of aryl methyl sites for hydroxylation is 2. The molecule has 0 atom stereocenters. The van der Waals surface area contributed by atoms with Crippen molar-refractivity contribution in [2.75, 3.05) is 0 Å². The van der Waals surface area contributed by atoms with Gasteiger partial charge in [-0.2, -0.15) is 35.4 Å². The minimum atomic E-state index is 0. The van der Waals surface area contributed by atoms with Crippen LogP contribution in [-0.4, -0.2) is 23.1 Å². The molecule has 0 saturated heterocycles. The van der Waals surface area contributed by atoms with Gasteiger partial charge in [-0.05, 0) is 0 Å². The van der Waals surface area contributed by atoms with E-state index in [1.165, 1.54) is 31.2 Å². The smallest absolute Gasteiger partial charge is 1.00 e. The van der Waals surface area contributed by atoms with Gasteiger partial charge in [0, 0.05) is 0 Å². The molecule has 0 fully saturated rings. The molecule has 1 aromatic carbocycles. The molecule has 60 valence electrons. The van der Waals surface area contributed by atoms with E-state index in [4.69, 9.17) is 0 Å². The van der Waals surface area contributed by atoms with Crippen molar-refractivity contribution < 1.29 is 17.0 Å². The molecule has 0 N–H and O–H groups in total. The second-order valence-electron chi connectivity index (χ2n) is 2.90. The van der Waals surface area contributed by atoms with E-state index in [1.54, 1.807) is 5.56 Å². The molecule has 2 rings (SSSR count). The Morgan fingerprint density at radius 1 is 1.08 bits per heavy atom. The number of hydrogen-bond donors (Lipinski definition) is 0.